The zero-order valence-corrected chi connectivity index (χ0v) is 29.5. The predicted molar refractivity (Wildman–Crippen MR) is 189 cm³/mol. The monoisotopic (exact) mass is 729 g/mol. The van der Waals surface area contributed by atoms with Gasteiger partial charge in [-0.3, -0.25) is 14.4 Å². The third kappa shape index (κ3) is 5.80. The van der Waals surface area contributed by atoms with E-state index in [1.54, 1.807) is 56.8 Å². The lowest BCUT2D eigenvalue weighted by Gasteiger charge is -2.41. The van der Waals surface area contributed by atoms with E-state index >= 15 is 0 Å². The Kier molecular flexibility index (Phi) is 10.6. The van der Waals surface area contributed by atoms with Crippen molar-refractivity contribution < 1.29 is 24.2 Å². The Morgan fingerprint density at radius 2 is 1.78 bits per heavy atom. The number of alkyl halides is 1. The van der Waals surface area contributed by atoms with Crippen molar-refractivity contribution in [1.82, 2.24) is 4.90 Å². The van der Waals surface area contributed by atoms with E-state index in [4.69, 9.17) is 16.3 Å². The lowest BCUT2D eigenvalue weighted by atomic mass is 9.70. The fraction of sp³-hybridized carbons (Fsp3) is 0.457. The van der Waals surface area contributed by atoms with E-state index < -0.39 is 28.7 Å². The topological polar surface area (TPSA) is 90.4 Å². The maximum absolute atomic E-state index is 14.9. The number of aliphatic hydroxyl groups excluding tert-OH is 1. The summed E-state index contributed by atoms with van der Waals surface area (Å²) in [5.74, 6) is -1.70. The molecule has 5 rings (SSSR count). The Labute approximate surface area is 288 Å². The van der Waals surface area contributed by atoms with Gasteiger partial charge in [-0.1, -0.05) is 65.7 Å². The number of hydrogen-bond donors (Lipinski definition) is 1. The van der Waals surface area contributed by atoms with E-state index in [1.165, 1.54) is 0 Å². The molecule has 0 radical (unpaired) electrons. The highest BCUT2D eigenvalue weighted by atomic mass is 79.9. The van der Waals surface area contributed by atoms with Crippen molar-refractivity contribution in [2.24, 2.45) is 17.8 Å². The van der Waals surface area contributed by atoms with Gasteiger partial charge in [-0.05, 0) is 55.7 Å². The van der Waals surface area contributed by atoms with E-state index in [0.29, 0.717) is 35.2 Å². The predicted octanol–water partition coefficient (Wildman–Crippen LogP) is 5.96. The number of aliphatic hydroxyl groups is 1. The first-order valence-corrected chi connectivity index (χ1v) is 17.8. The van der Waals surface area contributed by atoms with Gasteiger partial charge in [0.25, 0.3) is 5.91 Å². The lowest BCUT2D eigenvalue weighted by molar-refractivity contribution is -0.142. The highest BCUT2D eigenvalue weighted by Crippen LogP contribution is 2.68. The van der Waals surface area contributed by atoms with Crippen molar-refractivity contribution in [2.45, 2.75) is 54.1 Å². The minimum atomic E-state index is -0.938. The van der Waals surface area contributed by atoms with Gasteiger partial charge < -0.3 is 24.5 Å². The number of carbonyl (C=O) groups is 3. The summed E-state index contributed by atoms with van der Waals surface area (Å²) in [5, 5.41) is 10.8. The van der Waals surface area contributed by atoms with Crippen LogP contribution in [0.4, 0.5) is 11.4 Å². The molecule has 3 unspecified atom stereocenters. The summed E-state index contributed by atoms with van der Waals surface area (Å²) in [4.78, 5) is 49.1. The average molecular weight is 731 g/mol. The molecule has 3 aliphatic heterocycles. The van der Waals surface area contributed by atoms with Crippen LogP contribution in [0.1, 0.15) is 27.2 Å². The van der Waals surface area contributed by atoms with Crippen LogP contribution in [0.3, 0.4) is 0 Å². The molecule has 0 aliphatic carbocycles. The van der Waals surface area contributed by atoms with E-state index in [2.05, 4.69) is 29.1 Å². The number of nitrogens with zero attached hydrogens (tertiary/aromatic N) is 3. The molecule has 7 atom stereocenters. The molecule has 246 valence electrons. The molecule has 3 saturated heterocycles. The Balaban J connectivity index is 1.62. The quantitative estimate of drug-likeness (QED) is 0.202. The smallest absolute Gasteiger partial charge is 0.251 e. The number of likely N-dealkylation sites (tertiary alicyclic amines) is 1. The molecule has 1 N–H and O–H groups in total. The molecule has 0 saturated carbocycles. The van der Waals surface area contributed by atoms with Crippen molar-refractivity contribution in [3.8, 4) is 5.75 Å². The van der Waals surface area contributed by atoms with Crippen molar-refractivity contribution in [3.05, 3.63) is 78.9 Å². The third-order valence-corrected chi connectivity index (χ3v) is 12.9. The van der Waals surface area contributed by atoms with Crippen LogP contribution in [0.25, 0.3) is 0 Å². The number of hydrogen-bond acceptors (Lipinski definition) is 6. The normalized spacial score (nSPS) is 27.0. The largest absolute Gasteiger partial charge is 0.494 e. The Hall–Kier alpha value is -2.79. The van der Waals surface area contributed by atoms with Crippen molar-refractivity contribution in [1.29, 1.82) is 0 Å². The Morgan fingerprint density at radius 1 is 1.13 bits per heavy atom. The number of ether oxygens (including phenoxy) is 1. The maximum atomic E-state index is 14.9. The lowest BCUT2D eigenvalue weighted by Crippen LogP contribution is -2.59. The van der Waals surface area contributed by atoms with Crippen LogP contribution < -0.4 is 14.5 Å². The number of fused-ring (bicyclic) bond motifs is 1. The number of rotatable bonds is 13. The number of amides is 3. The van der Waals surface area contributed by atoms with Crippen LogP contribution in [0, 0.1) is 17.8 Å². The molecule has 3 fully saturated rings. The second-order valence-electron chi connectivity index (χ2n) is 12.3. The van der Waals surface area contributed by atoms with E-state index in [1.807, 2.05) is 51.1 Å². The van der Waals surface area contributed by atoms with Gasteiger partial charge in [0, 0.05) is 28.9 Å². The van der Waals surface area contributed by atoms with Crippen molar-refractivity contribution >= 4 is 68.4 Å². The van der Waals surface area contributed by atoms with Crippen molar-refractivity contribution in [2.75, 3.05) is 36.1 Å². The average Bonchev–Trinajstić information content (AvgIpc) is 3.63. The number of anilines is 2. The van der Waals surface area contributed by atoms with Gasteiger partial charge in [0.2, 0.25) is 11.8 Å². The molecular formula is C35H41BrClN3O5S. The van der Waals surface area contributed by atoms with Crippen LogP contribution in [0.15, 0.2) is 73.8 Å². The van der Waals surface area contributed by atoms with E-state index in [0.717, 1.165) is 0 Å². The molecule has 2 aromatic carbocycles. The molecular weight excluding hydrogens is 690 g/mol. The number of carbonyl (C=O) groups excluding carboxylic acids is 3. The molecule has 1 spiro atoms. The third-order valence-electron chi connectivity index (χ3n) is 9.32. The zero-order chi connectivity index (χ0) is 33.3. The van der Waals surface area contributed by atoms with Crippen LogP contribution in [0.5, 0.6) is 5.75 Å². The summed E-state index contributed by atoms with van der Waals surface area (Å²) < 4.78 is 4.70. The highest BCUT2D eigenvalue weighted by Gasteiger charge is 2.76. The molecule has 3 aliphatic rings. The molecule has 2 aromatic rings. The van der Waals surface area contributed by atoms with Gasteiger partial charge in [-0.15, -0.1) is 24.9 Å². The zero-order valence-electron chi connectivity index (χ0n) is 26.4. The second-order valence-corrected chi connectivity index (χ2v) is 15.4. The standard InChI is InChI=1S/C35H41BrClN3O5S/c1-6-17-38(22-13-15-23(16-14-22)45-8-3)32(42)28-29-33(43)40(27(20-41)21(4)5)31(35(29)19-24(36)30(28)46-35)34(44)39(18-7-2)26-12-10-9-11-25(26)37/h6-7,9-16,21,24,27-31,41H,1-2,8,17-20H2,3-5H3/t24?,27-,28-,29-,30-,31?,35?/m0/s1. The molecule has 0 aromatic heterocycles. The summed E-state index contributed by atoms with van der Waals surface area (Å²) in [6, 6.07) is 12.8. The van der Waals surface area contributed by atoms with Crippen LogP contribution in [-0.2, 0) is 14.4 Å². The summed E-state index contributed by atoms with van der Waals surface area (Å²) >= 11 is 12.0. The maximum Gasteiger partial charge on any atom is 0.251 e. The van der Waals surface area contributed by atoms with Crippen molar-refractivity contribution in [3.63, 3.8) is 0 Å². The van der Waals surface area contributed by atoms with E-state index in [-0.39, 0.29) is 53.4 Å². The summed E-state index contributed by atoms with van der Waals surface area (Å²) in [5.41, 5.74) is 1.18. The van der Waals surface area contributed by atoms with Gasteiger partial charge in [0.15, 0.2) is 0 Å². The molecule has 3 heterocycles. The molecule has 3 amide bonds. The minimum absolute atomic E-state index is 0.114. The van der Waals surface area contributed by atoms with Gasteiger partial charge >= 0.3 is 0 Å². The van der Waals surface area contributed by atoms with Gasteiger partial charge in [-0.2, -0.15) is 0 Å². The Morgan fingerprint density at radius 3 is 2.37 bits per heavy atom. The number of halogens is 2. The van der Waals surface area contributed by atoms with E-state index in [9.17, 15) is 19.5 Å². The minimum Gasteiger partial charge on any atom is -0.494 e. The SMILES string of the molecule is C=CCN(C(=O)[C@H]1[C@H]2C(=O)N([C@@H](CO)C(C)C)C(C(=O)N(CC=C)c3ccccc3Cl)C23CC(Br)[C@@H]1S3)c1ccc(OCC)cc1. The second kappa shape index (κ2) is 14.1. The fourth-order valence-corrected chi connectivity index (χ4v) is 11.2. The van der Waals surface area contributed by atoms with Crippen LogP contribution in [0.2, 0.25) is 5.02 Å². The number of para-hydroxylation sites is 1. The first-order chi connectivity index (χ1) is 22.1. The summed E-state index contributed by atoms with van der Waals surface area (Å²) in [7, 11) is 0. The summed E-state index contributed by atoms with van der Waals surface area (Å²) in [6.45, 7) is 14.2. The molecule has 46 heavy (non-hydrogen) atoms. The molecule has 11 heteroatoms. The number of thioether (sulfide) groups is 1. The van der Waals surface area contributed by atoms with Crippen LogP contribution in [-0.4, -0.2) is 80.9 Å². The van der Waals surface area contributed by atoms with Gasteiger partial charge in [0.1, 0.15) is 11.8 Å². The first kappa shape index (κ1) is 34.5. The van der Waals surface area contributed by atoms with Gasteiger partial charge in [0.05, 0.1) is 46.5 Å². The Bertz CT molecular complexity index is 1490. The van der Waals surface area contributed by atoms with Crippen LogP contribution >= 0.6 is 39.3 Å². The summed E-state index contributed by atoms with van der Waals surface area (Å²) in [6.07, 6.45) is 3.81. The molecule has 2 bridgehead atoms. The first-order valence-electron chi connectivity index (χ1n) is 15.6. The van der Waals surface area contributed by atoms with Gasteiger partial charge in [-0.25, -0.2) is 0 Å². The molecule has 8 nitrogen and oxygen atoms in total. The number of benzene rings is 2. The highest BCUT2D eigenvalue weighted by molar-refractivity contribution is 9.09. The fourth-order valence-electron chi connectivity index (χ4n) is 7.38.